The molecule has 1 heterocycles. The number of fused-ring (bicyclic) bond motifs is 1. The minimum atomic E-state index is 0.616. The summed E-state index contributed by atoms with van der Waals surface area (Å²) in [6, 6.07) is 2.19. The second-order valence-corrected chi connectivity index (χ2v) is 6.54. The van der Waals surface area contributed by atoms with Gasteiger partial charge in [-0.1, -0.05) is 12.2 Å². The van der Waals surface area contributed by atoms with Crippen LogP contribution in [0.25, 0.3) is 0 Å². The molecule has 0 amide bonds. The van der Waals surface area contributed by atoms with Crippen LogP contribution in [0.2, 0.25) is 0 Å². The molecule has 3 atom stereocenters. The lowest BCUT2D eigenvalue weighted by Crippen LogP contribution is -2.33. The molecule has 2 saturated carbocycles. The Balaban J connectivity index is 1.84. The molecule has 2 unspecified atom stereocenters. The Morgan fingerprint density at radius 2 is 2.24 bits per heavy atom. The van der Waals surface area contributed by atoms with Crippen LogP contribution in [-0.2, 0) is 0 Å². The third-order valence-electron chi connectivity index (χ3n) is 4.40. The maximum Gasteiger partial charge on any atom is 0.136 e. The largest absolute Gasteiger partial charge is 0.383 e. The lowest BCUT2D eigenvalue weighted by atomic mass is 9.60. The molecule has 2 aliphatic rings. The number of aromatic nitrogens is 1. The predicted octanol–water partition coefficient (Wildman–Crippen LogP) is 3.73. The molecule has 0 radical (unpaired) electrons. The molecule has 0 aliphatic heterocycles. The number of anilines is 1. The van der Waals surface area contributed by atoms with Crippen molar-refractivity contribution >= 4 is 28.4 Å². The van der Waals surface area contributed by atoms with Gasteiger partial charge in [0.1, 0.15) is 5.82 Å². The van der Waals surface area contributed by atoms with Gasteiger partial charge in [0.25, 0.3) is 0 Å². The van der Waals surface area contributed by atoms with Crippen molar-refractivity contribution in [2.45, 2.75) is 31.6 Å². The highest BCUT2D eigenvalue weighted by molar-refractivity contribution is 14.1. The molecular formula is C14H17IN2. The molecule has 1 aromatic rings. The molecule has 1 aromatic heterocycles. The van der Waals surface area contributed by atoms with Crippen LogP contribution in [0.5, 0.6) is 0 Å². The van der Waals surface area contributed by atoms with Crippen LogP contribution in [0.15, 0.2) is 24.4 Å². The van der Waals surface area contributed by atoms with E-state index in [1.807, 2.05) is 6.20 Å². The summed E-state index contributed by atoms with van der Waals surface area (Å²) in [7, 11) is 0. The number of pyridine rings is 1. The number of nitrogens with zero attached hydrogens (tertiary/aromatic N) is 1. The van der Waals surface area contributed by atoms with Crippen LogP contribution in [0.4, 0.5) is 5.82 Å². The molecule has 0 aromatic carbocycles. The number of nitrogens with two attached hydrogens (primary N) is 1. The van der Waals surface area contributed by atoms with Gasteiger partial charge in [0.15, 0.2) is 0 Å². The Morgan fingerprint density at radius 3 is 2.82 bits per heavy atom. The molecule has 2 N–H and O–H groups in total. The second-order valence-electron chi connectivity index (χ2n) is 5.37. The SMILES string of the molecule is C=C1C[C@@H](c2cnc(N)c(I)c2)CC2CCC12. The molecule has 3 heteroatoms. The topological polar surface area (TPSA) is 38.9 Å². The summed E-state index contributed by atoms with van der Waals surface area (Å²) in [6.07, 6.45) is 7.16. The van der Waals surface area contributed by atoms with Crippen molar-refractivity contribution in [2.75, 3.05) is 5.73 Å². The fraction of sp³-hybridized carbons (Fsp3) is 0.500. The van der Waals surface area contributed by atoms with E-state index in [1.165, 1.54) is 30.4 Å². The van der Waals surface area contributed by atoms with E-state index < -0.39 is 0 Å². The Kier molecular flexibility index (Phi) is 2.89. The van der Waals surface area contributed by atoms with Gasteiger partial charge in [-0.15, -0.1) is 0 Å². The van der Waals surface area contributed by atoms with E-state index in [0.29, 0.717) is 11.7 Å². The summed E-state index contributed by atoms with van der Waals surface area (Å²) in [6.45, 7) is 4.27. The average molecular weight is 340 g/mol. The minimum Gasteiger partial charge on any atom is -0.383 e. The van der Waals surface area contributed by atoms with Crippen LogP contribution in [0.1, 0.15) is 37.2 Å². The normalized spacial score (nSPS) is 31.8. The summed E-state index contributed by atoms with van der Waals surface area (Å²) in [5.74, 6) is 2.97. The lowest BCUT2D eigenvalue weighted by Gasteiger charge is -2.45. The van der Waals surface area contributed by atoms with Gasteiger partial charge in [0, 0.05) is 6.20 Å². The van der Waals surface area contributed by atoms with Crippen LogP contribution < -0.4 is 5.73 Å². The number of hydrogen-bond acceptors (Lipinski definition) is 2. The van der Waals surface area contributed by atoms with E-state index in [-0.39, 0.29) is 0 Å². The van der Waals surface area contributed by atoms with Gasteiger partial charge in [0.2, 0.25) is 0 Å². The Labute approximate surface area is 116 Å². The van der Waals surface area contributed by atoms with Gasteiger partial charge in [-0.2, -0.15) is 0 Å². The van der Waals surface area contributed by atoms with E-state index in [4.69, 9.17) is 5.73 Å². The summed E-state index contributed by atoms with van der Waals surface area (Å²) in [5.41, 5.74) is 8.57. The summed E-state index contributed by atoms with van der Waals surface area (Å²) in [5, 5.41) is 0. The van der Waals surface area contributed by atoms with Crippen LogP contribution in [0.3, 0.4) is 0 Å². The van der Waals surface area contributed by atoms with E-state index in [1.54, 1.807) is 0 Å². The maximum atomic E-state index is 5.77. The van der Waals surface area contributed by atoms with E-state index in [9.17, 15) is 0 Å². The van der Waals surface area contributed by atoms with Crippen molar-refractivity contribution in [1.82, 2.24) is 4.98 Å². The van der Waals surface area contributed by atoms with Crippen molar-refractivity contribution in [2.24, 2.45) is 11.8 Å². The molecule has 0 saturated heterocycles. The van der Waals surface area contributed by atoms with Crippen LogP contribution in [-0.4, -0.2) is 4.98 Å². The molecule has 0 bridgehead atoms. The first kappa shape index (κ1) is 11.5. The third-order valence-corrected chi connectivity index (χ3v) is 5.26. The quantitative estimate of drug-likeness (QED) is 0.625. The maximum absolute atomic E-state index is 5.77. The highest BCUT2D eigenvalue weighted by atomic mass is 127. The molecule has 90 valence electrons. The van der Waals surface area contributed by atoms with E-state index >= 15 is 0 Å². The average Bonchev–Trinajstić information content (AvgIpc) is 2.25. The number of hydrogen-bond donors (Lipinski definition) is 1. The van der Waals surface area contributed by atoms with Crippen molar-refractivity contribution in [1.29, 1.82) is 0 Å². The van der Waals surface area contributed by atoms with E-state index in [2.05, 4.69) is 40.2 Å². The van der Waals surface area contributed by atoms with Gasteiger partial charge < -0.3 is 5.73 Å². The molecule has 2 nitrogen and oxygen atoms in total. The molecule has 0 spiro atoms. The summed E-state index contributed by atoms with van der Waals surface area (Å²) in [4.78, 5) is 4.28. The molecule has 2 fully saturated rings. The Morgan fingerprint density at radius 1 is 1.41 bits per heavy atom. The van der Waals surface area contributed by atoms with Crippen LogP contribution >= 0.6 is 22.6 Å². The standard InChI is InChI=1S/C14H17IN2/c1-8-4-10(5-9-2-3-12(8)9)11-6-13(15)14(16)17-7-11/h6-7,9-10,12H,1-5H2,(H2,16,17)/t9?,10-,12?/m1/s1. The number of nitrogen functional groups attached to an aromatic ring is 1. The van der Waals surface area contributed by atoms with E-state index in [0.717, 1.165) is 21.8 Å². The van der Waals surface area contributed by atoms with Crippen molar-refractivity contribution in [3.05, 3.63) is 33.5 Å². The van der Waals surface area contributed by atoms with Gasteiger partial charge in [-0.3, -0.25) is 0 Å². The summed E-state index contributed by atoms with van der Waals surface area (Å²) >= 11 is 2.26. The fourth-order valence-corrected chi connectivity index (χ4v) is 3.74. The first-order valence-electron chi connectivity index (χ1n) is 6.23. The first-order valence-corrected chi connectivity index (χ1v) is 7.31. The monoisotopic (exact) mass is 340 g/mol. The highest BCUT2D eigenvalue weighted by Crippen LogP contribution is 2.51. The smallest absolute Gasteiger partial charge is 0.136 e. The number of halogens is 1. The minimum absolute atomic E-state index is 0.616. The number of rotatable bonds is 1. The number of allylic oxidation sites excluding steroid dienone is 1. The van der Waals surface area contributed by atoms with Gasteiger partial charge in [-0.25, -0.2) is 4.98 Å². The first-order chi connectivity index (χ1) is 8.15. The van der Waals surface area contributed by atoms with Crippen LogP contribution in [0, 0.1) is 15.4 Å². The van der Waals surface area contributed by atoms with Crippen molar-refractivity contribution in [3.8, 4) is 0 Å². The Hall–Kier alpha value is -0.580. The zero-order valence-corrected chi connectivity index (χ0v) is 12.0. The predicted molar refractivity (Wildman–Crippen MR) is 78.7 cm³/mol. The zero-order valence-electron chi connectivity index (χ0n) is 9.82. The molecule has 17 heavy (non-hydrogen) atoms. The lowest BCUT2D eigenvalue weighted by molar-refractivity contribution is 0.154. The third kappa shape index (κ3) is 1.98. The van der Waals surface area contributed by atoms with Crippen molar-refractivity contribution < 1.29 is 0 Å². The van der Waals surface area contributed by atoms with Gasteiger partial charge in [0.05, 0.1) is 3.57 Å². The molecule has 3 rings (SSSR count). The molecular weight excluding hydrogens is 323 g/mol. The zero-order chi connectivity index (χ0) is 12.0. The summed E-state index contributed by atoms with van der Waals surface area (Å²) < 4.78 is 1.07. The van der Waals surface area contributed by atoms with Gasteiger partial charge >= 0.3 is 0 Å². The fourth-order valence-electron chi connectivity index (χ4n) is 3.25. The second kappa shape index (κ2) is 4.26. The highest BCUT2D eigenvalue weighted by Gasteiger charge is 2.39. The van der Waals surface area contributed by atoms with Gasteiger partial charge in [-0.05, 0) is 77.7 Å². The Bertz CT molecular complexity index is 469. The molecule has 2 aliphatic carbocycles. The van der Waals surface area contributed by atoms with Crippen molar-refractivity contribution in [3.63, 3.8) is 0 Å².